The molecule has 1 rings (SSSR count). The van der Waals surface area contributed by atoms with Crippen LogP contribution >= 0.6 is 0 Å². The van der Waals surface area contributed by atoms with E-state index in [2.05, 4.69) is 0 Å². The van der Waals surface area contributed by atoms with E-state index in [-0.39, 0.29) is 12.8 Å². The molecule has 7 heteroatoms. The van der Waals surface area contributed by atoms with E-state index in [0.717, 1.165) is 0 Å². The molecule has 2 amide bonds. The van der Waals surface area contributed by atoms with E-state index >= 15 is 0 Å². The van der Waals surface area contributed by atoms with Crippen molar-refractivity contribution in [2.45, 2.75) is 18.4 Å². The SMILES string of the molecule is NC(=O)NC1(C(=O)O)CCC1C(=O)O. The summed E-state index contributed by atoms with van der Waals surface area (Å²) in [5, 5.41) is 19.5. The number of urea groups is 1. The highest BCUT2D eigenvalue weighted by atomic mass is 16.4. The zero-order valence-electron chi connectivity index (χ0n) is 7.19. The number of primary amides is 1. The molecule has 0 heterocycles. The summed E-state index contributed by atoms with van der Waals surface area (Å²) >= 11 is 0. The van der Waals surface area contributed by atoms with Crippen LogP contribution in [0.2, 0.25) is 0 Å². The molecule has 1 fully saturated rings. The molecule has 0 aromatic carbocycles. The summed E-state index contributed by atoms with van der Waals surface area (Å²) in [6, 6.07) is -1.03. The van der Waals surface area contributed by atoms with Crippen LogP contribution in [0.25, 0.3) is 0 Å². The molecule has 0 aromatic heterocycles. The van der Waals surface area contributed by atoms with E-state index < -0.39 is 29.4 Å². The number of amides is 2. The van der Waals surface area contributed by atoms with Crippen molar-refractivity contribution in [1.29, 1.82) is 0 Å². The molecule has 14 heavy (non-hydrogen) atoms. The summed E-state index contributed by atoms with van der Waals surface area (Å²) in [5.74, 6) is -3.71. The van der Waals surface area contributed by atoms with Crippen molar-refractivity contribution in [3.05, 3.63) is 0 Å². The Kier molecular flexibility index (Phi) is 2.33. The van der Waals surface area contributed by atoms with E-state index in [1.165, 1.54) is 0 Å². The van der Waals surface area contributed by atoms with E-state index in [4.69, 9.17) is 15.9 Å². The lowest BCUT2D eigenvalue weighted by Crippen LogP contribution is -2.67. The molecule has 5 N–H and O–H groups in total. The molecule has 1 aliphatic carbocycles. The topological polar surface area (TPSA) is 130 Å². The van der Waals surface area contributed by atoms with Crippen molar-refractivity contribution in [2.75, 3.05) is 0 Å². The first kappa shape index (κ1) is 10.3. The Morgan fingerprint density at radius 3 is 2.14 bits per heavy atom. The number of carboxylic acid groups (broad SMARTS) is 2. The third-order valence-corrected chi connectivity index (χ3v) is 2.45. The van der Waals surface area contributed by atoms with Gasteiger partial charge in [-0.05, 0) is 12.8 Å². The van der Waals surface area contributed by atoms with E-state index in [9.17, 15) is 14.4 Å². The monoisotopic (exact) mass is 202 g/mol. The fourth-order valence-corrected chi connectivity index (χ4v) is 1.59. The predicted octanol–water partition coefficient (Wildman–Crippen LogP) is -1.03. The van der Waals surface area contributed by atoms with Gasteiger partial charge in [-0.1, -0.05) is 0 Å². The van der Waals surface area contributed by atoms with Crippen molar-refractivity contribution in [3.8, 4) is 0 Å². The van der Waals surface area contributed by atoms with Gasteiger partial charge in [-0.3, -0.25) is 4.79 Å². The minimum Gasteiger partial charge on any atom is -0.481 e. The molecule has 0 aliphatic heterocycles. The Morgan fingerprint density at radius 1 is 1.36 bits per heavy atom. The van der Waals surface area contributed by atoms with Gasteiger partial charge in [-0.15, -0.1) is 0 Å². The predicted molar refractivity (Wildman–Crippen MR) is 43.4 cm³/mol. The maximum Gasteiger partial charge on any atom is 0.330 e. The van der Waals surface area contributed by atoms with Crippen LogP contribution in [-0.2, 0) is 9.59 Å². The molecule has 0 saturated heterocycles. The maximum atomic E-state index is 10.8. The number of carbonyl (C=O) groups excluding carboxylic acids is 1. The normalized spacial score (nSPS) is 30.1. The first-order valence-electron chi connectivity index (χ1n) is 3.94. The maximum absolute atomic E-state index is 10.8. The summed E-state index contributed by atoms with van der Waals surface area (Å²) < 4.78 is 0. The first-order valence-corrected chi connectivity index (χ1v) is 3.94. The van der Waals surface area contributed by atoms with Gasteiger partial charge in [-0.25, -0.2) is 9.59 Å². The van der Waals surface area contributed by atoms with Gasteiger partial charge in [0.15, 0.2) is 5.54 Å². The van der Waals surface area contributed by atoms with Crippen molar-refractivity contribution in [3.63, 3.8) is 0 Å². The summed E-state index contributed by atoms with van der Waals surface area (Å²) in [6.07, 6.45) is 0.310. The van der Waals surface area contributed by atoms with E-state index in [1.54, 1.807) is 0 Å². The second-order valence-electron chi connectivity index (χ2n) is 3.20. The molecule has 1 saturated carbocycles. The molecule has 2 atom stereocenters. The van der Waals surface area contributed by atoms with Gasteiger partial charge in [0, 0.05) is 0 Å². The fraction of sp³-hybridized carbons (Fsp3) is 0.571. The quantitative estimate of drug-likeness (QED) is 0.465. The smallest absolute Gasteiger partial charge is 0.330 e. The van der Waals surface area contributed by atoms with Crippen molar-refractivity contribution >= 4 is 18.0 Å². The zero-order valence-corrected chi connectivity index (χ0v) is 7.19. The number of hydrogen-bond donors (Lipinski definition) is 4. The van der Waals surface area contributed by atoms with Crippen molar-refractivity contribution in [1.82, 2.24) is 5.32 Å². The van der Waals surface area contributed by atoms with Crippen molar-refractivity contribution in [2.24, 2.45) is 11.7 Å². The molecule has 0 spiro atoms. The summed E-state index contributed by atoms with van der Waals surface area (Å²) in [6.45, 7) is 0. The van der Waals surface area contributed by atoms with Crippen LogP contribution in [0.5, 0.6) is 0 Å². The van der Waals surface area contributed by atoms with E-state index in [1.807, 2.05) is 5.32 Å². The molecule has 0 radical (unpaired) electrons. The zero-order chi connectivity index (χ0) is 10.9. The summed E-state index contributed by atoms with van der Waals surface area (Å²) in [7, 11) is 0. The van der Waals surface area contributed by atoms with Gasteiger partial charge in [0.1, 0.15) is 0 Å². The lowest BCUT2D eigenvalue weighted by atomic mass is 9.66. The second kappa shape index (κ2) is 3.17. The van der Waals surface area contributed by atoms with Gasteiger partial charge in [-0.2, -0.15) is 0 Å². The van der Waals surface area contributed by atoms with Gasteiger partial charge in [0.05, 0.1) is 5.92 Å². The van der Waals surface area contributed by atoms with Crippen LogP contribution < -0.4 is 11.1 Å². The number of aliphatic carboxylic acids is 2. The highest BCUT2D eigenvalue weighted by molar-refractivity contribution is 5.92. The third kappa shape index (κ3) is 1.36. The molecule has 1 aliphatic rings. The van der Waals surface area contributed by atoms with Crippen LogP contribution in [0.15, 0.2) is 0 Å². The molecule has 2 unspecified atom stereocenters. The number of carboxylic acids is 2. The summed E-state index contributed by atoms with van der Waals surface area (Å²) in [5.41, 5.74) is 3.06. The van der Waals surface area contributed by atoms with Crippen LogP contribution in [0.3, 0.4) is 0 Å². The fourth-order valence-electron chi connectivity index (χ4n) is 1.59. The van der Waals surface area contributed by atoms with Crippen LogP contribution in [0.4, 0.5) is 4.79 Å². The number of nitrogens with one attached hydrogen (secondary N) is 1. The molecule has 0 aromatic rings. The summed E-state index contributed by atoms with van der Waals surface area (Å²) in [4.78, 5) is 32.0. The Bertz CT molecular complexity index is 302. The Labute approximate surface area is 78.9 Å². The minimum absolute atomic E-state index is 0.0856. The molecule has 0 bridgehead atoms. The standard InChI is InChI=1S/C7H10N2O5/c8-6(14)9-7(5(12)13)2-1-3(7)4(10)11/h3H,1-2H2,(H,10,11)(H,12,13)(H3,8,9,14). The lowest BCUT2D eigenvalue weighted by Gasteiger charge is -2.43. The van der Waals surface area contributed by atoms with Gasteiger partial charge >= 0.3 is 18.0 Å². The highest BCUT2D eigenvalue weighted by Crippen LogP contribution is 2.39. The lowest BCUT2D eigenvalue weighted by molar-refractivity contribution is -0.164. The van der Waals surface area contributed by atoms with Gasteiger partial charge < -0.3 is 21.3 Å². The Balaban J connectivity index is 2.89. The average molecular weight is 202 g/mol. The van der Waals surface area contributed by atoms with Gasteiger partial charge in [0.2, 0.25) is 0 Å². The Morgan fingerprint density at radius 2 is 1.93 bits per heavy atom. The Hall–Kier alpha value is -1.79. The third-order valence-electron chi connectivity index (χ3n) is 2.45. The number of carbonyl (C=O) groups is 3. The largest absolute Gasteiger partial charge is 0.481 e. The molecular weight excluding hydrogens is 192 g/mol. The second-order valence-corrected chi connectivity index (χ2v) is 3.20. The molecule has 78 valence electrons. The number of rotatable bonds is 3. The highest BCUT2D eigenvalue weighted by Gasteiger charge is 2.57. The van der Waals surface area contributed by atoms with Crippen LogP contribution in [-0.4, -0.2) is 33.7 Å². The molecular formula is C7H10N2O5. The molecule has 7 nitrogen and oxygen atoms in total. The van der Waals surface area contributed by atoms with Gasteiger partial charge in [0.25, 0.3) is 0 Å². The van der Waals surface area contributed by atoms with E-state index in [0.29, 0.717) is 0 Å². The van der Waals surface area contributed by atoms with Crippen LogP contribution in [0.1, 0.15) is 12.8 Å². The number of nitrogens with two attached hydrogens (primary N) is 1. The number of hydrogen-bond acceptors (Lipinski definition) is 3. The minimum atomic E-state index is -1.72. The first-order chi connectivity index (χ1) is 6.40. The average Bonchev–Trinajstić information content (AvgIpc) is 1.95. The van der Waals surface area contributed by atoms with Crippen molar-refractivity contribution < 1.29 is 24.6 Å². The van der Waals surface area contributed by atoms with Crippen LogP contribution in [0, 0.1) is 5.92 Å².